The van der Waals surface area contributed by atoms with Gasteiger partial charge in [0.05, 0.1) is 12.7 Å². The Balaban J connectivity index is 2.05. The molecule has 1 unspecified atom stereocenters. The van der Waals surface area contributed by atoms with E-state index >= 15 is 0 Å². The number of aromatic nitrogens is 2. The van der Waals surface area contributed by atoms with Gasteiger partial charge in [0, 0.05) is 31.4 Å². The van der Waals surface area contributed by atoms with Crippen LogP contribution < -0.4 is 5.32 Å². The molecular formula is C14H26N4O2S. The second kappa shape index (κ2) is 6.89. The van der Waals surface area contributed by atoms with Crippen molar-refractivity contribution < 1.29 is 8.42 Å². The van der Waals surface area contributed by atoms with Crippen LogP contribution in [-0.4, -0.2) is 47.7 Å². The van der Waals surface area contributed by atoms with Crippen LogP contribution in [0.15, 0.2) is 17.3 Å². The molecule has 1 aliphatic heterocycles. The molecule has 0 bridgehead atoms. The lowest BCUT2D eigenvalue weighted by molar-refractivity contribution is 0.268. The summed E-state index contributed by atoms with van der Waals surface area (Å²) in [5.41, 5.74) is 0. The van der Waals surface area contributed by atoms with E-state index in [9.17, 15) is 8.42 Å². The molecule has 1 fully saturated rings. The second-order valence-electron chi connectivity index (χ2n) is 6.01. The lowest BCUT2D eigenvalue weighted by Crippen LogP contribution is -2.41. The summed E-state index contributed by atoms with van der Waals surface area (Å²) in [6, 6.07) is 0.493. The summed E-state index contributed by atoms with van der Waals surface area (Å²) in [5.74, 6) is 0. The van der Waals surface area contributed by atoms with E-state index in [1.165, 1.54) is 6.20 Å². The van der Waals surface area contributed by atoms with Crippen molar-refractivity contribution in [3.05, 3.63) is 12.4 Å². The molecule has 0 aliphatic carbocycles. The van der Waals surface area contributed by atoms with Crippen molar-refractivity contribution in [2.45, 2.75) is 63.6 Å². The highest BCUT2D eigenvalue weighted by molar-refractivity contribution is 7.89. The minimum atomic E-state index is -3.40. The smallest absolute Gasteiger partial charge is 0.246 e. The molecule has 7 heteroatoms. The molecule has 2 heterocycles. The van der Waals surface area contributed by atoms with Gasteiger partial charge in [0.25, 0.3) is 0 Å². The van der Waals surface area contributed by atoms with Crippen LogP contribution in [0.3, 0.4) is 0 Å². The summed E-state index contributed by atoms with van der Waals surface area (Å²) >= 11 is 0. The van der Waals surface area contributed by atoms with E-state index in [4.69, 9.17) is 0 Å². The van der Waals surface area contributed by atoms with Crippen LogP contribution in [-0.2, 0) is 16.6 Å². The molecule has 0 spiro atoms. The molecule has 2 rings (SSSR count). The number of hydrogen-bond acceptors (Lipinski definition) is 4. The molecule has 1 N–H and O–H groups in total. The highest BCUT2D eigenvalue weighted by Gasteiger charge is 2.31. The average molecular weight is 314 g/mol. The molecule has 0 saturated carbocycles. The number of sulfonamides is 1. The van der Waals surface area contributed by atoms with E-state index in [0.717, 1.165) is 25.8 Å². The van der Waals surface area contributed by atoms with Gasteiger partial charge < -0.3 is 5.32 Å². The van der Waals surface area contributed by atoms with Gasteiger partial charge in [0.1, 0.15) is 4.90 Å². The monoisotopic (exact) mass is 314 g/mol. The highest BCUT2D eigenvalue weighted by Crippen LogP contribution is 2.24. The van der Waals surface area contributed by atoms with E-state index < -0.39 is 10.0 Å². The second-order valence-corrected chi connectivity index (χ2v) is 7.90. The van der Waals surface area contributed by atoms with Gasteiger partial charge in [-0.2, -0.15) is 9.40 Å². The van der Waals surface area contributed by atoms with E-state index in [2.05, 4.69) is 24.3 Å². The molecule has 1 aromatic rings. The number of nitrogens with zero attached hydrogens (tertiary/aromatic N) is 3. The van der Waals surface area contributed by atoms with Crippen LogP contribution in [0.2, 0.25) is 0 Å². The Labute approximate surface area is 127 Å². The summed E-state index contributed by atoms with van der Waals surface area (Å²) in [4.78, 5) is 0.306. The van der Waals surface area contributed by atoms with E-state index in [-0.39, 0.29) is 6.04 Å². The fourth-order valence-electron chi connectivity index (χ4n) is 2.63. The van der Waals surface area contributed by atoms with Crippen LogP contribution in [0.5, 0.6) is 0 Å². The highest BCUT2D eigenvalue weighted by atomic mass is 32.2. The topological polar surface area (TPSA) is 67.2 Å². The first-order valence-electron chi connectivity index (χ1n) is 7.69. The van der Waals surface area contributed by atoms with Crippen LogP contribution in [0.1, 0.15) is 40.0 Å². The van der Waals surface area contributed by atoms with Gasteiger partial charge in [0.15, 0.2) is 0 Å². The molecule has 0 aromatic carbocycles. The van der Waals surface area contributed by atoms with Gasteiger partial charge in [-0.1, -0.05) is 20.3 Å². The van der Waals surface area contributed by atoms with Crippen molar-refractivity contribution in [3.8, 4) is 0 Å². The summed E-state index contributed by atoms with van der Waals surface area (Å²) < 4.78 is 28.6. The van der Waals surface area contributed by atoms with Gasteiger partial charge in [-0.05, 0) is 19.8 Å². The normalized spacial score (nSPS) is 21.0. The maximum atomic E-state index is 12.6. The number of hydrogen-bond donors (Lipinski definition) is 1. The summed E-state index contributed by atoms with van der Waals surface area (Å²) in [7, 11) is -3.40. The zero-order valence-corrected chi connectivity index (χ0v) is 13.9. The molecular weight excluding hydrogens is 288 g/mol. The zero-order valence-electron chi connectivity index (χ0n) is 13.1. The van der Waals surface area contributed by atoms with Crippen molar-refractivity contribution in [1.82, 2.24) is 19.4 Å². The quantitative estimate of drug-likeness (QED) is 0.863. The maximum Gasteiger partial charge on any atom is 0.246 e. The Morgan fingerprint density at radius 2 is 2.19 bits per heavy atom. The third-order valence-corrected chi connectivity index (χ3v) is 5.82. The minimum Gasteiger partial charge on any atom is -0.313 e. The standard InChI is InChI=1S/C14H26N4O2S/c1-12(2)15-7-9-17-11-14(10-16-17)21(19,20)18-8-5-4-6-13(18)3/h10-13,15H,4-9H2,1-3H3. The first-order chi connectivity index (χ1) is 9.91. The van der Waals surface area contributed by atoms with Crippen molar-refractivity contribution in [1.29, 1.82) is 0 Å². The molecule has 0 radical (unpaired) electrons. The molecule has 1 aromatic heterocycles. The van der Waals surface area contributed by atoms with Gasteiger partial charge >= 0.3 is 0 Å². The molecule has 1 atom stereocenters. The molecule has 120 valence electrons. The van der Waals surface area contributed by atoms with Crippen LogP contribution in [0.25, 0.3) is 0 Å². The van der Waals surface area contributed by atoms with Crippen molar-refractivity contribution in [3.63, 3.8) is 0 Å². The summed E-state index contributed by atoms with van der Waals surface area (Å²) in [6.07, 6.45) is 6.08. The molecule has 0 amide bonds. The number of rotatable bonds is 6. The fourth-order valence-corrected chi connectivity index (χ4v) is 4.29. The Morgan fingerprint density at radius 3 is 2.86 bits per heavy atom. The largest absolute Gasteiger partial charge is 0.313 e. The SMILES string of the molecule is CC(C)NCCn1cc(S(=O)(=O)N2CCCCC2C)cn1. The average Bonchev–Trinajstić information content (AvgIpc) is 2.88. The van der Waals surface area contributed by atoms with Gasteiger partial charge in [0.2, 0.25) is 10.0 Å². The van der Waals surface area contributed by atoms with Crippen LogP contribution >= 0.6 is 0 Å². The van der Waals surface area contributed by atoms with Crippen LogP contribution in [0.4, 0.5) is 0 Å². The first kappa shape index (κ1) is 16.5. The van der Waals surface area contributed by atoms with Crippen molar-refractivity contribution in [2.75, 3.05) is 13.1 Å². The lowest BCUT2D eigenvalue weighted by Gasteiger charge is -2.31. The Morgan fingerprint density at radius 1 is 1.43 bits per heavy atom. The van der Waals surface area contributed by atoms with Crippen molar-refractivity contribution in [2.24, 2.45) is 0 Å². The fraction of sp³-hybridized carbons (Fsp3) is 0.786. The molecule has 1 aliphatic rings. The van der Waals surface area contributed by atoms with Gasteiger partial charge in [-0.25, -0.2) is 8.42 Å². The third-order valence-electron chi connectivity index (χ3n) is 3.85. The lowest BCUT2D eigenvalue weighted by atomic mass is 10.1. The third kappa shape index (κ3) is 4.05. The molecule has 1 saturated heterocycles. The Hall–Kier alpha value is -0.920. The maximum absolute atomic E-state index is 12.6. The predicted octanol–water partition coefficient (Wildman–Crippen LogP) is 1.44. The number of nitrogens with one attached hydrogen (secondary N) is 1. The Bertz CT molecular complexity index is 553. The van der Waals surface area contributed by atoms with Gasteiger partial charge in [-0.3, -0.25) is 4.68 Å². The van der Waals surface area contributed by atoms with Crippen LogP contribution in [0, 0.1) is 0 Å². The van der Waals surface area contributed by atoms with E-state index in [1.54, 1.807) is 15.2 Å². The minimum absolute atomic E-state index is 0.0784. The Kier molecular flexibility index (Phi) is 5.40. The van der Waals surface area contributed by atoms with Gasteiger partial charge in [-0.15, -0.1) is 0 Å². The first-order valence-corrected chi connectivity index (χ1v) is 9.13. The number of piperidine rings is 1. The molecule has 6 nitrogen and oxygen atoms in total. The zero-order chi connectivity index (χ0) is 15.5. The van der Waals surface area contributed by atoms with E-state index in [1.807, 2.05) is 6.92 Å². The summed E-state index contributed by atoms with van der Waals surface area (Å²) in [6.45, 7) is 8.20. The predicted molar refractivity (Wildman–Crippen MR) is 82.6 cm³/mol. The molecule has 21 heavy (non-hydrogen) atoms. The van der Waals surface area contributed by atoms with E-state index in [0.29, 0.717) is 24.0 Å². The van der Waals surface area contributed by atoms with Crippen molar-refractivity contribution >= 4 is 10.0 Å². The summed E-state index contributed by atoms with van der Waals surface area (Å²) in [5, 5.41) is 7.46.